The lowest BCUT2D eigenvalue weighted by Crippen LogP contribution is -2.18. The topological polar surface area (TPSA) is 46.9 Å². The Bertz CT molecular complexity index is 1210. The second-order valence-electron chi connectivity index (χ2n) is 7.38. The van der Waals surface area contributed by atoms with Crippen LogP contribution in [0, 0.1) is 6.92 Å². The third-order valence-corrected chi connectivity index (χ3v) is 6.29. The molecular weight excluding hydrogens is 378 g/mol. The van der Waals surface area contributed by atoms with Crippen LogP contribution in [0.4, 0.5) is 5.82 Å². The highest BCUT2D eigenvalue weighted by Gasteiger charge is 2.24. The molecule has 5 heteroatoms. The molecule has 29 heavy (non-hydrogen) atoms. The molecule has 2 heterocycles. The minimum Gasteiger partial charge on any atom is -0.310 e. The lowest BCUT2D eigenvalue weighted by Gasteiger charge is -2.12. The number of amides is 1. The lowest BCUT2D eigenvalue weighted by atomic mass is 10.0. The number of thioether (sulfide) groups is 1. The number of rotatable bonds is 4. The molecule has 1 aliphatic rings. The Balaban J connectivity index is 1.47. The molecule has 1 amide bonds. The number of hydrogen-bond donors (Lipinski definition) is 1. The molecule has 0 saturated carbocycles. The summed E-state index contributed by atoms with van der Waals surface area (Å²) in [6, 6.07) is 22.5. The summed E-state index contributed by atoms with van der Waals surface area (Å²) in [6.45, 7) is 2.07. The minimum absolute atomic E-state index is 0.0192. The molecule has 1 N–H and O–H groups in total. The van der Waals surface area contributed by atoms with Crippen LogP contribution >= 0.6 is 11.8 Å². The summed E-state index contributed by atoms with van der Waals surface area (Å²) in [5.74, 6) is 2.55. The number of aromatic nitrogens is 2. The Hall–Kier alpha value is -3.05. The number of nitrogens with zero attached hydrogens (tertiary/aromatic N) is 2. The molecule has 0 spiro atoms. The maximum absolute atomic E-state index is 13.0. The van der Waals surface area contributed by atoms with Crippen molar-refractivity contribution in [3.8, 4) is 5.69 Å². The van der Waals surface area contributed by atoms with Crippen molar-refractivity contribution in [1.82, 2.24) is 9.78 Å². The van der Waals surface area contributed by atoms with Gasteiger partial charge < -0.3 is 5.32 Å². The van der Waals surface area contributed by atoms with Gasteiger partial charge in [-0.1, -0.05) is 60.2 Å². The second-order valence-corrected chi connectivity index (χ2v) is 8.36. The summed E-state index contributed by atoms with van der Waals surface area (Å²) in [4.78, 5) is 13.0. The highest BCUT2D eigenvalue weighted by molar-refractivity contribution is 7.98. The van der Waals surface area contributed by atoms with Gasteiger partial charge in [-0.2, -0.15) is 16.9 Å². The van der Waals surface area contributed by atoms with Gasteiger partial charge in [0.25, 0.3) is 0 Å². The predicted molar refractivity (Wildman–Crippen MR) is 120 cm³/mol. The molecule has 0 unspecified atom stereocenters. The molecule has 1 aromatic heterocycles. The van der Waals surface area contributed by atoms with E-state index in [1.54, 1.807) is 0 Å². The van der Waals surface area contributed by atoms with Crippen molar-refractivity contribution in [3.05, 3.63) is 89.1 Å². The van der Waals surface area contributed by atoms with E-state index in [0.717, 1.165) is 50.6 Å². The Morgan fingerprint density at radius 2 is 1.83 bits per heavy atom. The van der Waals surface area contributed by atoms with E-state index in [2.05, 4.69) is 42.6 Å². The van der Waals surface area contributed by atoms with Crippen molar-refractivity contribution < 1.29 is 4.79 Å². The number of anilines is 1. The second kappa shape index (κ2) is 7.41. The smallest absolute Gasteiger partial charge is 0.229 e. The first-order valence-electron chi connectivity index (χ1n) is 9.71. The first-order valence-corrected chi connectivity index (χ1v) is 10.9. The maximum atomic E-state index is 13.0. The first-order chi connectivity index (χ1) is 14.2. The fraction of sp³-hybridized carbons (Fsp3) is 0.167. The van der Waals surface area contributed by atoms with Crippen molar-refractivity contribution in [3.63, 3.8) is 0 Å². The van der Waals surface area contributed by atoms with Crippen LogP contribution in [0.2, 0.25) is 0 Å². The van der Waals surface area contributed by atoms with Gasteiger partial charge in [0.15, 0.2) is 0 Å². The average molecular weight is 400 g/mol. The van der Waals surface area contributed by atoms with Crippen molar-refractivity contribution in [2.45, 2.75) is 24.9 Å². The SMILES string of the molecule is Cc1ccc(-n2nc3c(c2NC(=O)Cc2cccc4ccccc24)CSC3)cc1. The predicted octanol–water partition coefficient (Wildman–Crippen LogP) is 5.26. The van der Waals surface area contributed by atoms with E-state index >= 15 is 0 Å². The van der Waals surface area contributed by atoms with Crippen LogP contribution in [0.25, 0.3) is 16.5 Å². The molecule has 144 valence electrons. The summed E-state index contributed by atoms with van der Waals surface area (Å²) in [6.07, 6.45) is 0.336. The van der Waals surface area contributed by atoms with Gasteiger partial charge in [0, 0.05) is 17.1 Å². The molecule has 4 nitrogen and oxygen atoms in total. The van der Waals surface area contributed by atoms with Gasteiger partial charge in [0.1, 0.15) is 5.82 Å². The molecular formula is C24H21N3OS. The third kappa shape index (κ3) is 3.42. The van der Waals surface area contributed by atoms with Crippen molar-refractivity contribution in [1.29, 1.82) is 0 Å². The zero-order chi connectivity index (χ0) is 19.8. The number of carbonyl (C=O) groups is 1. The minimum atomic E-state index is -0.0192. The largest absolute Gasteiger partial charge is 0.310 e. The van der Waals surface area contributed by atoms with Crippen LogP contribution in [-0.4, -0.2) is 15.7 Å². The van der Waals surface area contributed by atoms with E-state index in [1.807, 2.05) is 52.8 Å². The summed E-state index contributed by atoms with van der Waals surface area (Å²) < 4.78 is 1.88. The molecule has 3 aromatic carbocycles. The number of aryl methyl sites for hydroxylation is 1. The standard InChI is InChI=1S/C24H21N3OS/c1-16-9-11-19(12-10-16)27-24(21-14-29-15-22(21)26-27)25-23(28)13-18-7-4-6-17-5-2-3-8-20(17)18/h2-12H,13-15H2,1H3,(H,25,28). The average Bonchev–Trinajstić information content (AvgIpc) is 3.32. The van der Waals surface area contributed by atoms with Gasteiger partial charge in [-0.25, -0.2) is 4.68 Å². The van der Waals surface area contributed by atoms with E-state index < -0.39 is 0 Å². The molecule has 4 aromatic rings. The number of nitrogens with one attached hydrogen (secondary N) is 1. The first kappa shape index (κ1) is 18.0. The Kier molecular flexibility index (Phi) is 4.60. The van der Waals surface area contributed by atoms with E-state index in [0.29, 0.717) is 6.42 Å². The van der Waals surface area contributed by atoms with Crippen molar-refractivity contribution in [2.75, 3.05) is 5.32 Å². The van der Waals surface area contributed by atoms with Gasteiger partial charge in [0.05, 0.1) is 17.8 Å². The van der Waals surface area contributed by atoms with Gasteiger partial charge in [-0.05, 0) is 35.4 Å². The van der Waals surface area contributed by atoms with Gasteiger partial charge in [-0.3, -0.25) is 4.79 Å². The van der Waals surface area contributed by atoms with E-state index in [1.165, 1.54) is 5.56 Å². The number of carbonyl (C=O) groups excluding carboxylic acids is 1. The Labute approximate surface area is 173 Å². The highest BCUT2D eigenvalue weighted by atomic mass is 32.2. The number of fused-ring (bicyclic) bond motifs is 2. The quantitative estimate of drug-likeness (QED) is 0.509. The molecule has 0 radical (unpaired) electrons. The molecule has 1 aliphatic heterocycles. The molecule has 0 fully saturated rings. The van der Waals surface area contributed by atoms with Gasteiger partial charge in [-0.15, -0.1) is 0 Å². The van der Waals surface area contributed by atoms with Gasteiger partial charge >= 0.3 is 0 Å². The summed E-state index contributed by atoms with van der Waals surface area (Å²) >= 11 is 1.84. The molecule has 5 rings (SSSR count). The fourth-order valence-corrected chi connectivity index (χ4v) is 4.84. The normalized spacial score (nSPS) is 12.9. The van der Waals surface area contributed by atoms with E-state index in [-0.39, 0.29) is 5.91 Å². The van der Waals surface area contributed by atoms with Crippen LogP contribution in [-0.2, 0) is 22.7 Å². The lowest BCUT2D eigenvalue weighted by molar-refractivity contribution is -0.115. The van der Waals surface area contributed by atoms with Crippen molar-refractivity contribution in [2.24, 2.45) is 0 Å². The Morgan fingerprint density at radius 3 is 2.69 bits per heavy atom. The van der Waals surface area contributed by atoms with Crippen LogP contribution in [0.5, 0.6) is 0 Å². The van der Waals surface area contributed by atoms with Crippen LogP contribution in [0.1, 0.15) is 22.4 Å². The van der Waals surface area contributed by atoms with Gasteiger partial charge in [0.2, 0.25) is 5.91 Å². The van der Waals surface area contributed by atoms with Crippen molar-refractivity contribution >= 4 is 34.3 Å². The van der Waals surface area contributed by atoms with E-state index in [9.17, 15) is 4.79 Å². The highest BCUT2D eigenvalue weighted by Crippen LogP contribution is 2.36. The van der Waals surface area contributed by atoms with Crippen LogP contribution < -0.4 is 5.32 Å². The maximum Gasteiger partial charge on any atom is 0.229 e. The molecule has 0 saturated heterocycles. The fourth-order valence-electron chi connectivity index (χ4n) is 3.81. The monoisotopic (exact) mass is 399 g/mol. The Morgan fingerprint density at radius 1 is 1.03 bits per heavy atom. The summed E-state index contributed by atoms with van der Waals surface area (Å²) in [5.41, 5.74) is 5.41. The number of benzene rings is 3. The molecule has 0 atom stereocenters. The molecule has 0 bridgehead atoms. The summed E-state index contributed by atoms with van der Waals surface area (Å²) in [7, 11) is 0. The molecule has 0 aliphatic carbocycles. The number of hydrogen-bond acceptors (Lipinski definition) is 3. The summed E-state index contributed by atoms with van der Waals surface area (Å²) in [5, 5.41) is 10.2. The van der Waals surface area contributed by atoms with Crippen LogP contribution in [0.3, 0.4) is 0 Å². The third-order valence-electron chi connectivity index (χ3n) is 5.32. The zero-order valence-corrected chi connectivity index (χ0v) is 17.0. The van der Waals surface area contributed by atoms with Crippen LogP contribution in [0.15, 0.2) is 66.7 Å². The van der Waals surface area contributed by atoms with E-state index in [4.69, 9.17) is 5.10 Å². The zero-order valence-electron chi connectivity index (χ0n) is 16.2.